The molecule has 0 N–H and O–H groups in total. The average molecular weight is 174 g/mol. The standard InChI is InChI=1S/C9H20NO.CH4/c1-9(2)8-10(3)4-6-11-7-5-10;/h9H,4-8H2,1-3H3;1H4/q+1;. The molecule has 0 amide bonds. The van der Waals surface area contributed by atoms with Crippen LogP contribution in [-0.2, 0) is 4.74 Å². The van der Waals surface area contributed by atoms with Crippen LogP contribution in [0.1, 0.15) is 21.3 Å². The van der Waals surface area contributed by atoms with Crippen LogP contribution in [0.5, 0.6) is 0 Å². The SMILES string of the molecule is C.CC(C)C[N+]1(C)CCOCC1. The Morgan fingerprint density at radius 2 is 1.75 bits per heavy atom. The van der Waals surface area contributed by atoms with E-state index in [0.29, 0.717) is 0 Å². The van der Waals surface area contributed by atoms with Gasteiger partial charge in [0.1, 0.15) is 13.1 Å². The molecular weight excluding hydrogens is 150 g/mol. The fourth-order valence-corrected chi connectivity index (χ4v) is 1.85. The molecule has 0 saturated carbocycles. The molecule has 1 aliphatic rings. The fourth-order valence-electron chi connectivity index (χ4n) is 1.85. The van der Waals surface area contributed by atoms with Crippen molar-refractivity contribution in [2.75, 3.05) is 39.9 Å². The maximum absolute atomic E-state index is 5.33. The summed E-state index contributed by atoms with van der Waals surface area (Å²) in [4.78, 5) is 0. The number of hydrogen-bond acceptors (Lipinski definition) is 1. The van der Waals surface area contributed by atoms with Crippen molar-refractivity contribution in [2.45, 2.75) is 21.3 Å². The van der Waals surface area contributed by atoms with Gasteiger partial charge in [-0.15, -0.1) is 0 Å². The second-order valence-electron chi connectivity index (χ2n) is 4.26. The predicted molar refractivity (Wildman–Crippen MR) is 53.2 cm³/mol. The van der Waals surface area contributed by atoms with Crippen LogP contribution in [0.2, 0.25) is 0 Å². The number of quaternary nitrogens is 1. The number of hydrogen-bond donors (Lipinski definition) is 0. The quantitative estimate of drug-likeness (QED) is 0.580. The normalized spacial score (nSPS) is 22.0. The zero-order valence-corrected chi connectivity index (χ0v) is 7.97. The summed E-state index contributed by atoms with van der Waals surface area (Å²) in [6, 6.07) is 0. The van der Waals surface area contributed by atoms with Crippen molar-refractivity contribution in [3.63, 3.8) is 0 Å². The van der Waals surface area contributed by atoms with Gasteiger partial charge in [0.25, 0.3) is 0 Å². The molecule has 1 saturated heterocycles. The van der Waals surface area contributed by atoms with Crippen LogP contribution in [0, 0.1) is 5.92 Å². The summed E-state index contributed by atoms with van der Waals surface area (Å²) in [7, 11) is 2.34. The first-order valence-corrected chi connectivity index (χ1v) is 4.54. The van der Waals surface area contributed by atoms with Gasteiger partial charge >= 0.3 is 0 Å². The van der Waals surface area contributed by atoms with Gasteiger partial charge in [0.2, 0.25) is 0 Å². The number of ether oxygens (including phenoxy) is 1. The largest absolute Gasteiger partial charge is 0.370 e. The van der Waals surface area contributed by atoms with E-state index in [9.17, 15) is 0 Å². The average Bonchev–Trinajstić information content (AvgIpc) is 1.85. The van der Waals surface area contributed by atoms with E-state index in [1.165, 1.54) is 24.1 Å². The van der Waals surface area contributed by atoms with Crippen molar-refractivity contribution in [3.8, 4) is 0 Å². The summed E-state index contributed by atoms with van der Waals surface area (Å²) in [6.45, 7) is 10.2. The van der Waals surface area contributed by atoms with E-state index < -0.39 is 0 Å². The monoisotopic (exact) mass is 174 g/mol. The van der Waals surface area contributed by atoms with Crippen molar-refractivity contribution in [3.05, 3.63) is 0 Å². The molecule has 0 aromatic heterocycles. The smallest absolute Gasteiger partial charge is 0.102 e. The molecule has 1 heterocycles. The Labute approximate surface area is 77.1 Å². The van der Waals surface area contributed by atoms with Gasteiger partial charge in [-0.05, 0) is 0 Å². The zero-order chi connectivity index (χ0) is 8.32. The van der Waals surface area contributed by atoms with Gasteiger partial charge in [-0.1, -0.05) is 21.3 Å². The molecule has 0 radical (unpaired) electrons. The lowest BCUT2D eigenvalue weighted by molar-refractivity contribution is -0.919. The zero-order valence-electron chi connectivity index (χ0n) is 7.97. The molecule has 12 heavy (non-hydrogen) atoms. The van der Waals surface area contributed by atoms with E-state index >= 15 is 0 Å². The molecule has 74 valence electrons. The summed E-state index contributed by atoms with van der Waals surface area (Å²) in [5, 5.41) is 0. The first-order chi connectivity index (χ1) is 5.12. The predicted octanol–water partition coefficient (Wildman–Crippen LogP) is 1.76. The minimum Gasteiger partial charge on any atom is -0.370 e. The van der Waals surface area contributed by atoms with Crippen LogP contribution in [0.25, 0.3) is 0 Å². The minimum absolute atomic E-state index is 0. The number of likely N-dealkylation sites (N-methyl/N-ethyl adjacent to an activating group) is 1. The molecule has 0 bridgehead atoms. The lowest BCUT2D eigenvalue weighted by atomic mass is 10.1. The summed E-state index contributed by atoms with van der Waals surface area (Å²) in [5.74, 6) is 0.804. The molecule has 1 fully saturated rings. The Kier molecular flexibility index (Phi) is 4.80. The van der Waals surface area contributed by atoms with Crippen LogP contribution >= 0.6 is 0 Å². The third kappa shape index (κ3) is 3.55. The van der Waals surface area contributed by atoms with Crippen LogP contribution < -0.4 is 0 Å². The first kappa shape index (κ1) is 11.9. The summed E-state index contributed by atoms with van der Waals surface area (Å²) in [6.07, 6.45) is 0. The van der Waals surface area contributed by atoms with Gasteiger partial charge in [-0.25, -0.2) is 0 Å². The third-order valence-electron chi connectivity index (χ3n) is 2.36. The maximum atomic E-state index is 5.33. The molecule has 0 aromatic carbocycles. The van der Waals surface area contributed by atoms with Crippen molar-refractivity contribution in [1.82, 2.24) is 0 Å². The van der Waals surface area contributed by atoms with E-state index in [2.05, 4.69) is 20.9 Å². The molecule has 2 heteroatoms. The highest BCUT2D eigenvalue weighted by molar-refractivity contribution is 4.49. The lowest BCUT2D eigenvalue weighted by Gasteiger charge is -2.38. The number of morpholine rings is 1. The molecule has 0 atom stereocenters. The Hall–Kier alpha value is -0.0800. The Morgan fingerprint density at radius 1 is 1.25 bits per heavy atom. The highest BCUT2D eigenvalue weighted by Crippen LogP contribution is 2.10. The molecular formula is C10H24NO+. The molecule has 1 aliphatic heterocycles. The van der Waals surface area contributed by atoms with Crippen molar-refractivity contribution in [1.29, 1.82) is 0 Å². The van der Waals surface area contributed by atoms with Crippen LogP contribution in [-0.4, -0.2) is 44.4 Å². The third-order valence-corrected chi connectivity index (χ3v) is 2.36. The van der Waals surface area contributed by atoms with Gasteiger partial charge in [0, 0.05) is 5.92 Å². The lowest BCUT2D eigenvalue weighted by Crippen LogP contribution is -2.53. The van der Waals surface area contributed by atoms with Crippen LogP contribution in [0.3, 0.4) is 0 Å². The van der Waals surface area contributed by atoms with E-state index in [0.717, 1.165) is 19.1 Å². The summed E-state index contributed by atoms with van der Waals surface area (Å²) < 4.78 is 6.54. The Bertz CT molecular complexity index is 117. The van der Waals surface area contributed by atoms with E-state index in [1.54, 1.807) is 0 Å². The topological polar surface area (TPSA) is 9.23 Å². The van der Waals surface area contributed by atoms with E-state index in [1.807, 2.05) is 0 Å². The maximum Gasteiger partial charge on any atom is 0.102 e. The van der Waals surface area contributed by atoms with E-state index in [-0.39, 0.29) is 7.43 Å². The highest BCUT2D eigenvalue weighted by atomic mass is 16.5. The molecule has 0 spiro atoms. The molecule has 0 unspecified atom stereocenters. The van der Waals surface area contributed by atoms with Crippen LogP contribution in [0.4, 0.5) is 0 Å². The first-order valence-electron chi connectivity index (χ1n) is 4.54. The Balaban J connectivity index is 0.00000121. The number of nitrogens with zero attached hydrogens (tertiary/aromatic N) is 1. The van der Waals surface area contributed by atoms with Crippen LogP contribution in [0.15, 0.2) is 0 Å². The molecule has 2 nitrogen and oxygen atoms in total. The summed E-state index contributed by atoms with van der Waals surface area (Å²) >= 11 is 0. The second-order valence-corrected chi connectivity index (χ2v) is 4.26. The second kappa shape index (κ2) is 4.83. The molecule has 1 rings (SSSR count). The summed E-state index contributed by atoms with van der Waals surface area (Å²) in [5.41, 5.74) is 0. The van der Waals surface area contributed by atoms with Gasteiger partial charge in [0.05, 0.1) is 26.8 Å². The van der Waals surface area contributed by atoms with Gasteiger partial charge in [-0.2, -0.15) is 0 Å². The van der Waals surface area contributed by atoms with Gasteiger partial charge in [-0.3, -0.25) is 0 Å². The van der Waals surface area contributed by atoms with Crippen molar-refractivity contribution >= 4 is 0 Å². The number of rotatable bonds is 2. The van der Waals surface area contributed by atoms with Gasteiger partial charge < -0.3 is 9.22 Å². The van der Waals surface area contributed by atoms with E-state index in [4.69, 9.17) is 4.74 Å². The fraction of sp³-hybridized carbons (Fsp3) is 1.00. The minimum atomic E-state index is 0. The van der Waals surface area contributed by atoms with Gasteiger partial charge in [0.15, 0.2) is 0 Å². The Morgan fingerprint density at radius 3 is 2.17 bits per heavy atom. The molecule has 0 aromatic rings. The molecule has 0 aliphatic carbocycles. The van der Waals surface area contributed by atoms with Crippen molar-refractivity contribution < 1.29 is 9.22 Å². The highest BCUT2D eigenvalue weighted by Gasteiger charge is 2.25. The van der Waals surface area contributed by atoms with Crippen molar-refractivity contribution in [2.24, 2.45) is 5.92 Å².